The standard InChI is InChI=1S/C22H26N4OS/c1-4-12-26-21(18-11-7-8-16(2)13-18)24-25-22(26)28-15-20(27)23-14-19-10-6-5-9-17(19)3/h5-11,13H,4,12,14-15H2,1-3H3,(H,23,27). The first-order valence-corrected chi connectivity index (χ1v) is 10.5. The van der Waals surface area contributed by atoms with Crippen molar-refractivity contribution in [2.45, 2.75) is 45.4 Å². The van der Waals surface area contributed by atoms with E-state index in [-0.39, 0.29) is 5.91 Å². The topological polar surface area (TPSA) is 59.8 Å². The lowest BCUT2D eigenvalue weighted by molar-refractivity contribution is -0.118. The fourth-order valence-electron chi connectivity index (χ4n) is 3.00. The highest BCUT2D eigenvalue weighted by atomic mass is 32.2. The van der Waals surface area contributed by atoms with Gasteiger partial charge in [0.2, 0.25) is 5.91 Å². The molecule has 3 aromatic rings. The van der Waals surface area contributed by atoms with Crippen molar-refractivity contribution in [2.24, 2.45) is 0 Å². The predicted octanol–water partition coefficient (Wildman–Crippen LogP) is 4.38. The largest absolute Gasteiger partial charge is 0.351 e. The Labute approximate surface area is 170 Å². The van der Waals surface area contributed by atoms with Crippen LogP contribution in [0.5, 0.6) is 0 Å². The molecule has 28 heavy (non-hydrogen) atoms. The molecule has 0 saturated heterocycles. The van der Waals surface area contributed by atoms with Crippen molar-refractivity contribution < 1.29 is 4.79 Å². The first kappa shape index (κ1) is 20.1. The van der Waals surface area contributed by atoms with Crippen LogP contribution in [0.3, 0.4) is 0 Å². The molecule has 0 unspecified atom stereocenters. The third-order valence-electron chi connectivity index (χ3n) is 4.51. The molecule has 0 aliphatic rings. The van der Waals surface area contributed by atoms with E-state index >= 15 is 0 Å². The fourth-order valence-corrected chi connectivity index (χ4v) is 3.80. The van der Waals surface area contributed by atoms with E-state index in [2.05, 4.69) is 59.1 Å². The number of amides is 1. The molecule has 0 saturated carbocycles. The number of aryl methyl sites for hydroxylation is 2. The Kier molecular flexibility index (Phi) is 6.87. The lowest BCUT2D eigenvalue weighted by atomic mass is 10.1. The molecule has 0 bridgehead atoms. The van der Waals surface area contributed by atoms with Gasteiger partial charge in [-0.05, 0) is 37.5 Å². The Balaban J connectivity index is 1.65. The van der Waals surface area contributed by atoms with Crippen LogP contribution in [0.4, 0.5) is 0 Å². The van der Waals surface area contributed by atoms with Crippen molar-refractivity contribution >= 4 is 17.7 Å². The normalized spacial score (nSPS) is 10.8. The highest BCUT2D eigenvalue weighted by molar-refractivity contribution is 7.99. The molecule has 0 fully saturated rings. The molecule has 1 aromatic heterocycles. The summed E-state index contributed by atoms with van der Waals surface area (Å²) in [6.07, 6.45) is 0.976. The van der Waals surface area contributed by atoms with Crippen molar-refractivity contribution in [2.75, 3.05) is 5.75 Å². The second-order valence-electron chi connectivity index (χ2n) is 6.82. The molecule has 1 heterocycles. The molecule has 5 nitrogen and oxygen atoms in total. The number of aromatic nitrogens is 3. The van der Waals surface area contributed by atoms with E-state index in [9.17, 15) is 4.79 Å². The number of nitrogens with one attached hydrogen (secondary N) is 1. The molecular weight excluding hydrogens is 368 g/mol. The van der Waals surface area contributed by atoms with E-state index < -0.39 is 0 Å². The van der Waals surface area contributed by atoms with Crippen LogP contribution in [0.15, 0.2) is 53.7 Å². The summed E-state index contributed by atoms with van der Waals surface area (Å²) in [6, 6.07) is 16.3. The second-order valence-corrected chi connectivity index (χ2v) is 7.76. The summed E-state index contributed by atoms with van der Waals surface area (Å²) < 4.78 is 2.11. The minimum absolute atomic E-state index is 0.00333. The Hall–Kier alpha value is -2.60. The van der Waals surface area contributed by atoms with E-state index in [0.717, 1.165) is 35.1 Å². The molecule has 2 aromatic carbocycles. The quantitative estimate of drug-likeness (QED) is 0.576. The maximum absolute atomic E-state index is 12.3. The third kappa shape index (κ3) is 5.01. The van der Waals surface area contributed by atoms with E-state index in [4.69, 9.17) is 0 Å². The SMILES string of the molecule is CCCn1c(SCC(=O)NCc2ccccc2C)nnc1-c1cccc(C)c1. The average Bonchev–Trinajstić information content (AvgIpc) is 3.09. The zero-order valence-electron chi connectivity index (χ0n) is 16.6. The summed E-state index contributed by atoms with van der Waals surface area (Å²) in [7, 11) is 0. The second kappa shape index (κ2) is 9.55. The number of hydrogen-bond donors (Lipinski definition) is 1. The number of hydrogen-bond acceptors (Lipinski definition) is 4. The molecular formula is C22H26N4OS. The fraction of sp³-hybridized carbons (Fsp3) is 0.318. The summed E-state index contributed by atoms with van der Waals surface area (Å²) >= 11 is 1.43. The number of thioether (sulfide) groups is 1. The zero-order valence-corrected chi connectivity index (χ0v) is 17.4. The van der Waals surface area contributed by atoms with Crippen LogP contribution in [-0.4, -0.2) is 26.4 Å². The van der Waals surface area contributed by atoms with Gasteiger partial charge in [-0.3, -0.25) is 4.79 Å². The van der Waals surface area contributed by atoms with Crippen LogP contribution >= 0.6 is 11.8 Å². The first-order chi connectivity index (χ1) is 13.6. The third-order valence-corrected chi connectivity index (χ3v) is 5.48. The maximum Gasteiger partial charge on any atom is 0.230 e. The van der Waals surface area contributed by atoms with Crippen molar-refractivity contribution in [1.29, 1.82) is 0 Å². The number of nitrogens with zero attached hydrogens (tertiary/aromatic N) is 3. The summed E-state index contributed by atoms with van der Waals surface area (Å²) in [6.45, 7) is 7.61. The highest BCUT2D eigenvalue weighted by Crippen LogP contribution is 2.25. The molecule has 0 spiro atoms. The van der Waals surface area contributed by atoms with Crippen LogP contribution in [0, 0.1) is 13.8 Å². The van der Waals surface area contributed by atoms with Gasteiger partial charge in [0.25, 0.3) is 0 Å². The molecule has 0 aliphatic carbocycles. The van der Waals surface area contributed by atoms with Gasteiger partial charge >= 0.3 is 0 Å². The average molecular weight is 395 g/mol. The van der Waals surface area contributed by atoms with Gasteiger partial charge < -0.3 is 9.88 Å². The summed E-state index contributed by atoms with van der Waals surface area (Å²) in [4.78, 5) is 12.3. The molecule has 3 rings (SSSR count). The van der Waals surface area contributed by atoms with Gasteiger partial charge in [-0.25, -0.2) is 0 Å². The zero-order chi connectivity index (χ0) is 19.9. The van der Waals surface area contributed by atoms with Crippen LogP contribution in [0.25, 0.3) is 11.4 Å². The van der Waals surface area contributed by atoms with Crippen molar-refractivity contribution in [3.05, 3.63) is 65.2 Å². The molecule has 6 heteroatoms. The van der Waals surface area contributed by atoms with Gasteiger partial charge in [0.1, 0.15) is 0 Å². The van der Waals surface area contributed by atoms with Gasteiger partial charge in [-0.15, -0.1) is 10.2 Å². The Morgan fingerprint density at radius 1 is 1.11 bits per heavy atom. The minimum Gasteiger partial charge on any atom is -0.351 e. The lowest BCUT2D eigenvalue weighted by Crippen LogP contribution is -2.25. The van der Waals surface area contributed by atoms with E-state index in [1.807, 2.05) is 30.3 Å². The summed E-state index contributed by atoms with van der Waals surface area (Å²) in [5.74, 6) is 1.17. The molecule has 146 valence electrons. The van der Waals surface area contributed by atoms with E-state index in [0.29, 0.717) is 12.3 Å². The predicted molar refractivity (Wildman–Crippen MR) is 114 cm³/mol. The minimum atomic E-state index is -0.00333. The van der Waals surface area contributed by atoms with Crippen LogP contribution in [0.1, 0.15) is 30.0 Å². The molecule has 0 atom stereocenters. The van der Waals surface area contributed by atoms with Gasteiger partial charge in [-0.2, -0.15) is 0 Å². The number of carbonyl (C=O) groups excluding carboxylic acids is 1. The Morgan fingerprint density at radius 2 is 1.93 bits per heavy atom. The van der Waals surface area contributed by atoms with Crippen LogP contribution in [0.2, 0.25) is 0 Å². The highest BCUT2D eigenvalue weighted by Gasteiger charge is 2.15. The maximum atomic E-state index is 12.3. The molecule has 0 aliphatic heterocycles. The number of carbonyl (C=O) groups is 1. The smallest absolute Gasteiger partial charge is 0.230 e. The molecule has 1 amide bonds. The van der Waals surface area contributed by atoms with Crippen molar-refractivity contribution in [3.63, 3.8) is 0 Å². The molecule has 1 N–H and O–H groups in total. The van der Waals surface area contributed by atoms with Gasteiger partial charge in [0.05, 0.1) is 5.75 Å². The number of benzene rings is 2. The summed E-state index contributed by atoms with van der Waals surface area (Å²) in [5, 5.41) is 12.5. The lowest BCUT2D eigenvalue weighted by Gasteiger charge is -2.10. The van der Waals surface area contributed by atoms with E-state index in [1.54, 1.807) is 0 Å². The van der Waals surface area contributed by atoms with Gasteiger partial charge in [-0.1, -0.05) is 66.7 Å². The summed E-state index contributed by atoms with van der Waals surface area (Å²) in [5.41, 5.74) is 4.56. The van der Waals surface area contributed by atoms with Gasteiger partial charge in [0.15, 0.2) is 11.0 Å². The van der Waals surface area contributed by atoms with Crippen molar-refractivity contribution in [1.82, 2.24) is 20.1 Å². The Bertz CT molecular complexity index is 951. The van der Waals surface area contributed by atoms with Crippen LogP contribution < -0.4 is 5.32 Å². The Morgan fingerprint density at radius 3 is 2.68 bits per heavy atom. The van der Waals surface area contributed by atoms with Gasteiger partial charge in [0, 0.05) is 18.7 Å². The van der Waals surface area contributed by atoms with Crippen LogP contribution in [-0.2, 0) is 17.9 Å². The monoisotopic (exact) mass is 394 g/mol. The van der Waals surface area contributed by atoms with E-state index in [1.165, 1.54) is 22.9 Å². The first-order valence-electron chi connectivity index (χ1n) is 9.52. The molecule has 0 radical (unpaired) electrons. The van der Waals surface area contributed by atoms with Crippen molar-refractivity contribution in [3.8, 4) is 11.4 Å². The number of rotatable bonds is 8.